The molecule has 27 heavy (non-hydrogen) atoms. The van der Waals surface area contributed by atoms with Gasteiger partial charge in [-0.25, -0.2) is 0 Å². The predicted octanol–water partition coefficient (Wildman–Crippen LogP) is 0.754. The lowest BCUT2D eigenvalue weighted by Gasteiger charge is -2.26. The van der Waals surface area contributed by atoms with Gasteiger partial charge in [-0.15, -0.1) is 0 Å². The van der Waals surface area contributed by atoms with Crippen molar-refractivity contribution < 1.29 is 9.53 Å². The lowest BCUT2D eigenvalue weighted by atomic mass is 10.1. The number of aromatic nitrogens is 2. The summed E-state index contributed by atoms with van der Waals surface area (Å²) in [5, 5.41) is 16.1. The second kappa shape index (κ2) is 9.00. The Labute approximate surface area is 158 Å². The van der Waals surface area contributed by atoms with Crippen LogP contribution in [0.15, 0.2) is 30.3 Å². The van der Waals surface area contributed by atoms with E-state index in [1.807, 2.05) is 6.07 Å². The number of morpholine rings is 1. The van der Waals surface area contributed by atoms with Crippen LogP contribution >= 0.6 is 0 Å². The van der Waals surface area contributed by atoms with Crippen LogP contribution in [0.25, 0.3) is 0 Å². The molecular weight excluding hydrogens is 342 g/mol. The minimum absolute atomic E-state index is 0.210. The van der Waals surface area contributed by atoms with Gasteiger partial charge in [-0.1, -0.05) is 12.0 Å². The number of hydrogen-bond acceptors (Lipinski definition) is 5. The molecule has 1 fully saturated rings. The monoisotopic (exact) mass is 363 g/mol. The number of nitriles is 1. The topological polar surface area (TPSA) is 83.2 Å². The molecule has 0 saturated carbocycles. The number of nitrogens with zero attached hydrogens (tertiary/aromatic N) is 4. The van der Waals surface area contributed by atoms with Crippen molar-refractivity contribution in [2.24, 2.45) is 7.05 Å². The van der Waals surface area contributed by atoms with Gasteiger partial charge in [-0.3, -0.25) is 14.4 Å². The first-order chi connectivity index (χ1) is 13.2. The predicted molar refractivity (Wildman–Crippen MR) is 99.9 cm³/mol. The molecule has 1 amide bonds. The fourth-order valence-corrected chi connectivity index (χ4v) is 2.74. The van der Waals surface area contributed by atoms with Crippen molar-refractivity contribution >= 4 is 5.91 Å². The van der Waals surface area contributed by atoms with Crippen LogP contribution in [0.5, 0.6) is 0 Å². The maximum Gasteiger partial charge on any atom is 0.271 e. The highest BCUT2D eigenvalue weighted by atomic mass is 16.5. The summed E-state index contributed by atoms with van der Waals surface area (Å²) in [4.78, 5) is 14.6. The molecule has 2 heterocycles. The Hall–Kier alpha value is -3.13. The molecule has 2 aromatic rings. The van der Waals surface area contributed by atoms with Crippen molar-refractivity contribution in [1.29, 1.82) is 5.26 Å². The van der Waals surface area contributed by atoms with Crippen molar-refractivity contribution in [2.75, 3.05) is 39.4 Å². The number of aryl methyl sites for hydroxylation is 1. The smallest absolute Gasteiger partial charge is 0.271 e. The minimum atomic E-state index is -0.210. The zero-order valence-corrected chi connectivity index (χ0v) is 15.2. The Morgan fingerprint density at radius 2 is 2.04 bits per heavy atom. The molecule has 7 nitrogen and oxygen atoms in total. The molecule has 1 aromatic carbocycles. The van der Waals surface area contributed by atoms with Gasteiger partial charge in [0.2, 0.25) is 0 Å². The number of carbonyl (C=O) groups excluding carboxylic acids is 1. The van der Waals surface area contributed by atoms with Crippen molar-refractivity contribution in [1.82, 2.24) is 20.0 Å². The molecule has 1 N–H and O–H groups in total. The number of ether oxygens (including phenoxy) is 1. The van der Waals surface area contributed by atoms with E-state index in [2.05, 4.69) is 33.2 Å². The summed E-state index contributed by atoms with van der Waals surface area (Å²) in [6.07, 6.45) is 0. The minimum Gasteiger partial charge on any atom is -0.379 e. The van der Waals surface area contributed by atoms with Crippen molar-refractivity contribution in [2.45, 2.75) is 0 Å². The highest BCUT2D eigenvalue weighted by molar-refractivity contribution is 5.92. The molecule has 7 heteroatoms. The van der Waals surface area contributed by atoms with Gasteiger partial charge in [0, 0.05) is 44.9 Å². The first-order valence-corrected chi connectivity index (χ1v) is 8.80. The summed E-state index contributed by atoms with van der Waals surface area (Å²) < 4.78 is 6.89. The summed E-state index contributed by atoms with van der Waals surface area (Å²) in [5.41, 5.74) is 2.28. The maximum absolute atomic E-state index is 12.3. The fourth-order valence-electron chi connectivity index (χ4n) is 2.74. The van der Waals surface area contributed by atoms with E-state index >= 15 is 0 Å². The molecule has 1 aliphatic rings. The number of carbonyl (C=O) groups is 1. The molecule has 138 valence electrons. The first kappa shape index (κ1) is 18.7. The second-order valence-electron chi connectivity index (χ2n) is 6.19. The van der Waals surface area contributed by atoms with Crippen LogP contribution in [0.1, 0.15) is 27.3 Å². The van der Waals surface area contributed by atoms with E-state index in [1.165, 1.54) is 0 Å². The van der Waals surface area contributed by atoms with Crippen LogP contribution in [0.2, 0.25) is 0 Å². The molecule has 1 aromatic heterocycles. The van der Waals surface area contributed by atoms with Gasteiger partial charge < -0.3 is 10.1 Å². The third-order valence-corrected chi connectivity index (χ3v) is 4.26. The van der Waals surface area contributed by atoms with E-state index < -0.39 is 0 Å². The number of nitrogens with one attached hydrogen (secondary N) is 1. The van der Waals surface area contributed by atoms with E-state index in [-0.39, 0.29) is 5.91 Å². The average molecular weight is 363 g/mol. The fraction of sp³-hybridized carbons (Fsp3) is 0.350. The maximum atomic E-state index is 12.3. The largest absolute Gasteiger partial charge is 0.379 e. The Morgan fingerprint density at radius 3 is 2.81 bits per heavy atom. The van der Waals surface area contributed by atoms with Crippen LogP contribution in [-0.4, -0.2) is 60.0 Å². The van der Waals surface area contributed by atoms with Gasteiger partial charge in [0.15, 0.2) is 5.69 Å². The van der Waals surface area contributed by atoms with Gasteiger partial charge in [0.05, 0.1) is 24.8 Å². The lowest BCUT2D eigenvalue weighted by Crippen LogP contribution is -2.41. The molecule has 1 saturated heterocycles. The summed E-state index contributed by atoms with van der Waals surface area (Å²) in [6.45, 7) is 4.64. The Bertz CT molecular complexity index is 910. The van der Waals surface area contributed by atoms with Gasteiger partial charge >= 0.3 is 0 Å². The van der Waals surface area contributed by atoms with Gasteiger partial charge in [-0.2, -0.15) is 10.4 Å². The third-order valence-electron chi connectivity index (χ3n) is 4.26. The summed E-state index contributed by atoms with van der Waals surface area (Å²) in [7, 11) is 1.75. The van der Waals surface area contributed by atoms with E-state index in [0.717, 1.165) is 38.4 Å². The molecule has 0 aliphatic carbocycles. The van der Waals surface area contributed by atoms with Crippen LogP contribution in [0.4, 0.5) is 0 Å². The molecule has 0 bridgehead atoms. The number of benzene rings is 1. The van der Waals surface area contributed by atoms with E-state index in [9.17, 15) is 4.79 Å². The average Bonchev–Trinajstić information content (AvgIpc) is 3.08. The number of amides is 1. The molecule has 0 radical (unpaired) electrons. The molecular formula is C20H21N5O2. The lowest BCUT2D eigenvalue weighted by molar-refractivity contribution is 0.0383. The molecule has 0 atom stereocenters. The Balaban J connectivity index is 1.59. The normalized spacial score (nSPS) is 14.1. The second-order valence-corrected chi connectivity index (χ2v) is 6.19. The number of hydrogen-bond donors (Lipinski definition) is 1. The van der Waals surface area contributed by atoms with E-state index in [0.29, 0.717) is 23.5 Å². The van der Waals surface area contributed by atoms with Crippen molar-refractivity contribution in [3.05, 3.63) is 52.8 Å². The van der Waals surface area contributed by atoms with Crippen LogP contribution in [0.3, 0.4) is 0 Å². The van der Waals surface area contributed by atoms with Gasteiger partial charge in [0.1, 0.15) is 5.69 Å². The zero-order chi connectivity index (χ0) is 19.1. The summed E-state index contributed by atoms with van der Waals surface area (Å²) in [5.74, 6) is 5.80. The van der Waals surface area contributed by atoms with Gasteiger partial charge in [0.25, 0.3) is 5.91 Å². The molecule has 3 rings (SSSR count). The molecule has 0 spiro atoms. The van der Waals surface area contributed by atoms with Gasteiger partial charge in [-0.05, 0) is 24.1 Å². The SMILES string of the molecule is Cn1nc(C(=O)NCCN2CCOCC2)cc1C#Cc1cccc(C#N)c1. The molecule has 0 unspecified atom stereocenters. The van der Waals surface area contributed by atoms with Crippen LogP contribution in [-0.2, 0) is 11.8 Å². The highest BCUT2D eigenvalue weighted by Gasteiger charge is 2.13. The zero-order valence-electron chi connectivity index (χ0n) is 15.2. The van der Waals surface area contributed by atoms with Crippen molar-refractivity contribution in [3.63, 3.8) is 0 Å². The first-order valence-electron chi connectivity index (χ1n) is 8.80. The van der Waals surface area contributed by atoms with Crippen molar-refractivity contribution in [3.8, 4) is 17.9 Å². The molecule has 1 aliphatic heterocycles. The Morgan fingerprint density at radius 1 is 1.26 bits per heavy atom. The van der Waals surface area contributed by atoms with E-state index in [4.69, 9.17) is 10.00 Å². The highest BCUT2D eigenvalue weighted by Crippen LogP contribution is 2.05. The van der Waals surface area contributed by atoms with E-state index in [1.54, 1.807) is 36.0 Å². The van der Waals surface area contributed by atoms with Crippen LogP contribution in [0, 0.1) is 23.2 Å². The number of rotatable bonds is 4. The standard InChI is InChI=1S/C20H21N5O2/c1-24-18(6-5-16-3-2-4-17(13-16)15-21)14-19(23-24)20(26)22-7-8-25-9-11-27-12-10-25/h2-4,13-14H,7-12H2,1H3,(H,22,26). The third kappa shape index (κ3) is 5.18. The van der Waals surface area contributed by atoms with Crippen LogP contribution < -0.4 is 5.32 Å². The summed E-state index contributed by atoms with van der Waals surface area (Å²) >= 11 is 0. The summed E-state index contributed by atoms with van der Waals surface area (Å²) in [6, 6.07) is 10.8. The Kier molecular flexibility index (Phi) is 6.22. The quantitative estimate of drug-likeness (QED) is 0.811.